The van der Waals surface area contributed by atoms with E-state index in [2.05, 4.69) is 46.9 Å². The Balaban J connectivity index is 2.27. The maximum Gasteiger partial charge on any atom is 0.137 e. The highest BCUT2D eigenvalue weighted by Crippen LogP contribution is 2.28. The van der Waals surface area contributed by atoms with Crippen LogP contribution in [0.2, 0.25) is 0 Å². The molecule has 2 nitrogen and oxygen atoms in total. The van der Waals surface area contributed by atoms with Crippen LogP contribution in [0.1, 0.15) is 27.2 Å². The summed E-state index contributed by atoms with van der Waals surface area (Å²) >= 11 is 3.28. The predicted octanol–water partition coefficient (Wildman–Crippen LogP) is 3.80. The normalized spacial score (nSPS) is 24.0. The number of anilines is 1. The molecule has 1 heterocycles. The van der Waals surface area contributed by atoms with Gasteiger partial charge in [-0.15, -0.1) is 0 Å². The quantitative estimate of drug-likeness (QED) is 0.907. The largest absolute Gasteiger partial charge is 0.365 e. The summed E-state index contributed by atoms with van der Waals surface area (Å²) < 4.78 is 13.9. The molecule has 0 aromatic heterocycles. The van der Waals surface area contributed by atoms with Crippen LogP contribution in [0.4, 0.5) is 10.1 Å². The summed E-state index contributed by atoms with van der Waals surface area (Å²) in [5, 5.41) is 3.60. The molecule has 0 bridgehead atoms. The number of benzene rings is 1. The molecular weight excluding hydrogens is 307 g/mol. The Hall–Kier alpha value is -0.610. The minimum absolute atomic E-state index is 0.202. The Morgan fingerprint density at radius 1 is 1.47 bits per heavy atom. The van der Waals surface area contributed by atoms with Gasteiger partial charge in [-0.1, -0.05) is 20.8 Å². The number of halogens is 2. The summed E-state index contributed by atoms with van der Waals surface area (Å²) in [5.41, 5.74) is 1.10. The lowest BCUT2D eigenvalue weighted by molar-refractivity contribution is 0.333. The highest BCUT2D eigenvalue weighted by atomic mass is 79.9. The second-order valence-electron chi connectivity index (χ2n) is 5.58. The molecule has 2 atom stereocenters. The molecule has 0 saturated carbocycles. The van der Waals surface area contributed by atoms with E-state index in [1.165, 1.54) is 0 Å². The van der Waals surface area contributed by atoms with Crippen LogP contribution in [0.25, 0.3) is 0 Å². The molecule has 1 aliphatic heterocycles. The van der Waals surface area contributed by atoms with Gasteiger partial charge < -0.3 is 10.2 Å². The van der Waals surface area contributed by atoms with Crippen molar-refractivity contribution in [2.24, 2.45) is 5.92 Å². The smallest absolute Gasteiger partial charge is 0.137 e. The zero-order valence-corrected chi connectivity index (χ0v) is 13.4. The molecule has 1 aromatic carbocycles. The van der Waals surface area contributed by atoms with E-state index in [4.69, 9.17) is 0 Å². The highest BCUT2D eigenvalue weighted by Gasteiger charge is 2.29. The van der Waals surface area contributed by atoms with Gasteiger partial charge in [0.05, 0.1) is 4.47 Å². The molecule has 0 radical (unpaired) electrons. The van der Waals surface area contributed by atoms with Crippen LogP contribution < -0.4 is 10.2 Å². The SMILES string of the molecule is CCC1CN(c2ccc(F)c(Br)c2)C(C(C)C)CN1. The Bertz CT molecular complexity index is 436. The van der Waals surface area contributed by atoms with Crippen molar-refractivity contribution in [3.63, 3.8) is 0 Å². The fraction of sp³-hybridized carbons (Fsp3) is 0.600. The lowest BCUT2D eigenvalue weighted by Gasteiger charge is -2.44. The average Bonchev–Trinajstić information content (AvgIpc) is 2.41. The number of hydrogen-bond acceptors (Lipinski definition) is 2. The monoisotopic (exact) mass is 328 g/mol. The zero-order chi connectivity index (χ0) is 14.0. The lowest BCUT2D eigenvalue weighted by Crippen LogP contribution is -2.58. The van der Waals surface area contributed by atoms with Crippen molar-refractivity contribution < 1.29 is 4.39 Å². The summed E-state index contributed by atoms with van der Waals surface area (Å²) in [6.45, 7) is 8.66. The van der Waals surface area contributed by atoms with Crippen molar-refractivity contribution in [2.45, 2.75) is 39.3 Å². The van der Waals surface area contributed by atoms with Gasteiger partial charge in [-0.25, -0.2) is 4.39 Å². The van der Waals surface area contributed by atoms with Gasteiger partial charge in [-0.2, -0.15) is 0 Å². The molecule has 4 heteroatoms. The molecule has 2 unspecified atom stereocenters. The van der Waals surface area contributed by atoms with Gasteiger partial charge in [0.15, 0.2) is 0 Å². The van der Waals surface area contributed by atoms with E-state index in [0.29, 0.717) is 22.5 Å². The van der Waals surface area contributed by atoms with E-state index in [1.807, 2.05) is 12.1 Å². The van der Waals surface area contributed by atoms with Crippen molar-refractivity contribution in [1.82, 2.24) is 5.32 Å². The number of piperazine rings is 1. The molecule has 0 aliphatic carbocycles. The van der Waals surface area contributed by atoms with E-state index < -0.39 is 0 Å². The van der Waals surface area contributed by atoms with E-state index in [0.717, 1.165) is 25.2 Å². The molecule has 1 fully saturated rings. The van der Waals surface area contributed by atoms with Gasteiger partial charge in [-0.05, 0) is 46.5 Å². The molecule has 2 rings (SSSR count). The Morgan fingerprint density at radius 3 is 2.79 bits per heavy atom. The molecule has 0 spiro atoms. The molecule has 19 heavy (non-hydrogen) atoms. The van der Waals surface area contributed by atoms with E-state index in [9.17, 15) is 4.39 Å². The molecule has 1 saturated heterocycles. The summed E-state index contributed by atoms with van der Waals surface area (Å²) in [6, 6.07) is 6.29. The van der Waals surface area contributed by atoms with Crippen molar-refractivity contribution in [1.29, 1.82) is 0 Å². The number of nitrogens with zero attached hydrogens (tertiary/aromatic N) is 1. The lowest BCUT2D eigenvalue weighted by atomic mass is 9.97. The van der Waals surface area contributed by atoms with Crippen LogP contribution in [-0.4, -0.2) is 25.2 Å². The third-order valence-electron chi connectivity index (χ3n) is 3.93. The standard InChI is InChI=1S/C15H22BrFN2/c1-4-11-9-19(15(8-18-11)10(2)3)12-5-6-14(17)13(16)7-12/h5-7,10-11,15,18H,4,8-9H2,1-3H3. The molecule has 1 N–H and O–H groups in total. The molecular formula is C15H22BrFN2. The highest BCUT2D eigenvalue weighted by molar-refractivity contribution is 9.10. The van der Waals surface area contributed by atoms with Gasteiger partial charge in [0.2, 0.25) is 0 Å². The maximum atomic E-state index is 13.4. The fourth-order valence-electron chi connectivity index (χ4n) is 2.66. The summed E-state index contributed by atoms with van der Waals surface area (Å²) in [6.07, 6.45) is 1.11. The summed E-state index contributed by atoms with van der Waals surface area (Å²) in [4.78, 5) is 2.42. The third-order valence-corrected chi connectivity index (χ3v) is 4.54. The zero-order valence-electron chi connectivity index (χ0n) is 11.8. The van der Waals surface area contributed by atoms with Crippen LogP contribution in [0.5, 0.6) is 0 Å². The molecule has 1 aliphatic rings. The Kier molecular flexibility index (Phi) is 4.85. The minimum atomic E-state index is -0.202. The molecule has 1 aromatic rings. The first-order valence-corrected chi connectivity index (χ1v) is 7.77. The first-order chi connectivity index (χ1) is 9.02. The molecule has 106 valence electrons. The summed E-state index contributed by atoms with van der Waals surface area (Å²) in [7, 11) is 0. The predicted molar refractivity (Wildman–Crippen MR) is 82.2 cm³/mol. The second-order valence-corrected chi connectivity index (χ2v) is 6.43. The Labute approximate surface area is 123 Å². The van der Waals surface area contributed by atoms with Crippen LogP contribution >= 0.6 is 15.9 Å². The third kappa shape index (κ3) is 3.29. The van der Waals surface area contributed by atoms with Crippen LogP contribution in [0, 0.1) is 11.7 Å². The van der Waals surface area contributed by atoms with Gasteiger partial charge in [-0.3, -0.25) is 0 Å². The number of nitrogens with one attached hydrogen (secondary N) is 1. The number of rotatable bonds is 3. The average molecular weight is 329 g/mol. The van der Waals surface area contributed by atoms with Gasteiger partial charge in [0, 0.05) is 30.9 Å². The number of hydrogen-bond donors (Lipinski definition) is 1. The van der Waals surface area contributed by atoms with E-state index >= 15 is 0 Å². The van der Waals surface area contributed by atoms with Crippen molar-refractivity contribution in [3.05, 3.63) is 28.5 Å². The van der Waals surface area contributed by atoms with Crippen LogP contribution in [0.3, 0.4) is 0 Å². The fourth-order valence-corrected chi connectivity index (χ4v) is 3.03. The summed E-state index contributed by atoms with van der Waals surface area (Å²) in [5.74, 6) is 0.362. The van der Waals surface area contributed by atoms with Gasteiger partial charge in [0.1, 0.15) is 5.82 Å². The van der Waals surface area contributed by atoms with Gasteiger partial charge >= 0.3 is 0 Å². The Morgan fingerprint density at radius 2 is 2.21 bits per heavy atom. The van der Waals surface area contributed by atoms with Crippen molar-refractivity contribution >= 4 is 21.6 Å². The second kappa shape index (κ2) is 6.23. The molecule has 0 amide bonds. The van der Waals surface area contributed by atoms with Crippen LogP contribution in [0.15, 0.2) is 22.7 Å². The van der Waals surface area contributed by atoms with Crippen molar-refractivity contribution in [3.8, 4) is 0 Å². The first-order valence-electron chi connectivity index (χ1n) is 6.98. The van der Waals surface area contributed by atoms with Gasteiger partial charge in [0.25, 0.3) is 0 Å². The van der Waals surface area contributed by atoms with E-state index in [1.54, 1.807) is 6.07 Å². The minimum Gasteiger partial charge on any atom is -0.365 e. The topological polar surface area (TPSA) is 15.3 Å². The first kappa shape index (κ1) is 14.8. The van der Waals surface area contributed by atoms with Crippen LogP contribution in [-0.2, 0) is 0 Å². The van der Waals surface area contributed by atoms with Crippen molar-refractivity contribution in [2.75, 3.05) is 18.0 Å². The maximum absolute atomic E-state index is 13.4. The van der Waals surface area contributed by atoms with E-state index in [-0.39, 0.29) is 5.82 Å².